The van der Waals surface area contributed by atoms with Crippen molar-refractivity contribution >= 4 is 22.6 Å². The van der Waals surface area contributed by atoms with Crippen LogP contribution in [0.25, 0.3) is 11.3 Å². The summed E-state index contributed by atoms with van der Waals surface area (Å²) >= 11 is 2.24. The molecular weight excluding hydrogens is 304 g/mol. The largest absolute Gasteiger partial charge is 0.255 e. The van der Waals surface area contributed by atoms with E-state index in [9.17, 15) is 4.39 Å². The lowest BCUT2D eigenvalue weighted by Gasteiger charge is -2.03. The molecule has 0 N–H and O–H groups in total. The van der Waals surface area contributed by atoms with Crippen molar-refractivity contribution in [3.63, 3.8) is 0 Å². The number of nitrogens with zero attached hydrogens (tertiary/aromatic N) is 1. The lowest BCUT2D eigenvalue weighted by molar-refractivity contribution is 0.628. The SMILES string of the molecule is Cc1cc(-c2ccc(F)cc2)ncc1I. The molecule has 0 fully saturated rings. The molecule has 15 heavy (non-hydrogen) atoms. The topological polar surface area (TPSA) is 12.9 Å². The molecule has 1 nitrogen and oxygen atoms in total. The summed E-state index contributed by atoms with van der Waals surface area (Å²) in [5.74, 6) is -0.221. The van der Waals surface area contributed by atoms with E-state index >= 15 is 0 Å². The summed E-state index contributed by atoms with van der Waals surface area (Å²) in [5.41, 5.74) is 3.01. The summed E-state index contributed by atoms with van der Waals surface area (Å²) in [5, 5.41) is 0. The van der Waals surface area contributed by atoms with E-state index in [1.165, 1.54) is 17.7 Å². The van der Waals surface area contributed by atoms with Gasteiger partial charge < -0.3 is 0 Å². The monoisotopic (exact) mass is 313 g/mol. The highest BCUT2D eigenvalue weighted by atomic mass is 127. The maximum absolute atomic E-state index is 12.7. The Morgan fingerprint density at radius 2 is 1.87 bits per heavy atom. The van der Waals surface area contributed by atoms with Gasteiger partial charge in [0, 0.05) is 15.3 Å². The van der Waals surface area contributed by atoms with Crippen molar-refractivity contribution in [3.05, 3.63) is 51.5 Å². The minimum absolute atomic E-state index is 0.221. The molecule has 76 valence electrons. The molecule has 2 aromatic rings. The maximum Gasteiger partial charge on any atom is 0.123 e. The van der Waals surface area contributed by atoms with E-state index in [2.05, 4.69) is 27.6 Å². The fourth-order valence-corrected chi connectivity index (χ4v) is 1.61. The quantitative estimate of drug-likeness (QED) is 0.730. The number of hydrogen-bond acceptors (Lipinski definition) is 1. The van der Waals surface area contributed by atoms with Gasteiger partial charge in [-0.3, -0.25) is 4.98 Å². The highest BCUT2D eigenvalue weighted by Crippen LogP contribution is 2.20. The highest BCUT2D eigenvalue weighted by molar-refractivity contribution is 14.1. The first-order valence-electron chi connectivity index (χ1n) is 4.55. The van der Waals surface area contributed by atoms with Gasteiger partial charge in [0.25, 0.3) is 0 Å². The third-order valence-corrected chi connectivity index (χ3v) is 3.32. The number of hydrogen-bond donors (Lipinski definition) is 0. The fraction of sp³-hybridized carbons (Fsp3) is 0.0833. The average molecular weight is 313 g/mol. The van der Waals surface area contributed by atoms with Crippen LogP contribution in [0.2, 0.25) is 0 Å². The molecule has 1 aromatic carbocycles. The lowest BCUT2D eigenvalue weighted by atomic mass is 10.1. The van der Waals surface area contributed by atoms with Crippen LogP contribution in [0.1, 0.15) is 5.56 Å². The molecule has 0 spiro atoms. The molecule has 0 atom stereocenters. The smallest absolute Gasteiger partial charge is 0.123 e. The van der Waals surface area contributed by atoms with Crippen LogP contribution in [0.4, 0.5) is 4.39 Å². The van der Waals surface area contributed by atoms with Crippen LogP contribution >= 0.6 is 22.6 Å². The second-order valence-electron chi connectivity index (χ2n) is 3.33. The zero-order chi connectivity index (χ0) is 10.8. The molecule has 0 radical (unpaired) electrons. The van der Waals surface area contributed by atoms with Gasteiger partial charge in [0.15, 0.2) is 0 Å². The van der Waals surface area contributed by atoms with Gasteiger partial charge in [0.1, 0.15) is 5.82 Å². The molecule has 0 aliphatic rings. The van der Waals surface area contributed by atoms with Crippen LogP contribution in [0.3, 0.4) is 0 Å². The van der Waals surface area contributed by atoms with Crippen molar-refractivity contribution in [1.82, 2.24) is 4.98 Å². The second kappa shape index (κ2) is 4.26. The van der Waals surface area contributed by atoms with Crippen LogP contribution in [0.5, 0.6) is 0 Å². The Balaban J connectivity index is 2.45. The molecule has 0 saturated heterocycles. The number of halogens is 2. The Morgan fingerprint density at radius 3 is 2.47 bits per heavy atom. The summed E-state index contributed by atoms with van der Waals surface area (Å²) in [6.45, 7) is 2.04. The minimum atomic E-state index is -0.221. The van der Waals surface area contributed by atoms with E-state index in [-0.39, 0.29) is 5.82 Å². The molecule has 1 heterocycles. The third-order valence-electron chi connectivity index (χ3n) is 2.19. The lowest BCUT2D eigenvalue weighted by Crippen LogP contribution is -1.88. The van der Waals surface area contributed by atoms with Gasteiger partial charge in [-0.05, 0) is 65.4 Å². The van der Waals surface area contributed by atoms with Gasteiger partial charge in [-0.15, -0.1) is 0 Å². The van der Waals surface area contributed by atoms with Crippen LogP contribution in [-0.4, -0.2) is 4.98 Å². The highest BCUT2D eigenvalue weighted by Gasteiger charge is 2.01. The normalized spacial score (nSPS) is 10.3. The van der Waals surface area contributed by atoms with E-state index in [1.54, 1.807) is 12.1 Å². The Hall–Kier alpha value is -0.970. The third kappa shape index (κ3) is 2.34. The van der Waals surface area contributed by atoms with E-state index in [4.69, 9.17) is 0 Å². The molecule has 0 aliphatic heterocycles. The summed E-state index contributed by atoms with van der Waals surface area (Å²) in [6, 6.07) is 8.39. The predicted octanol–water partition coefficient (Wildman–Crippen LogP) is 3.80. The zero-order valence-corrected chi connectivity index (χ0v) is 10.3. The number of benzene rings is 1. The summed E-state index contributed by atoms with van der Waals surface area (Å²) in [7, 11) is 0. The van der Waals surface area contributed by atoms with Gasteiger partial charge in [0.2, 0.25) is 0 Å². The standard InChI is InChI=1S/C12H9FIN/c1-8-6-12(15-7-11(8)14)9-2-4-10(13)5-3-9/h2-7H,1H3. The molecule has 3 heteroatoms. The Morgan fingerprint density at radius 1 is 1.20 bits per heavy atom. The van der Waals surface area contributed by atoms with Crippen molar-refractivity contribution in [3.8, 4) is 11.3 Å². The van der Waals surface area contributed by atoms with E-state index in [0.29, 0.717) is 0 Å². The molecule has 2 rings (SSSR count). The molecule has 0 saturated carbocycles. The first kappa shape index (κ1) is 10.5. The Kier molecular flexibility index (Phi) is 3.00. The van der Waals surface area contributed by atoms with Crippen molar-refractivity contribution in [1.29, 1.82) is 0 Å². The van der Waals surface area contributed by atoms with E-state index in [1.807, 2.05) is 19.2 Å². The number of aryl methyl sites for hydroxylation is 1. The van der Waals surface area contributed by atoms with Gasteiger partial charge in [-0.1, -0.05) is 0 Å². The number of pyridine rings is 1. The molecule has 1 aromatic heterocycles. The van der Waals surface area contributed by atoms with Crippen LogP contribution in [0, 0.1) is 16.3 Å². The fourth-order valence-electron chi connectivity index (χ4n) is 1.32. The van der Waals surface area contributed by atoms with E-state index in [0.717, 1.165) is 14.8 Å². The minimum Gasteiger partial charge on any atom is -0.255 e. The Labute approximate surface area is 102 Å². The van der Waals surface area contributed by atoms with Gasteiger partial charge in [0.05, 0.1) is 5.69 Å². The number of aromatic nitrogens is 1. The molecule has 0 unspecified atom stereocenters. The van der Waals surface area contributed by atoms with Gasteiger partial charge in [-0.2, -0.15) is 0 Å². The summed E-state index contributed by atoms with van der Waals surface area (Å²) in [4.78, 5) is 4.31. The molecule has 0 aliphatic carbocycles. The van der Waals surface area contributed by atoms with Gasteiger partial charge in [-0.25, -0.2) is 4.39 Å². The van der Waals surface area contributed by atoms with Crippen molar-refractivity contribution in [2.45, 2.75) is 6.92 Å². The molecule has 0 amide bonds. The van der Waals surface area contributed by atoms with E-state index < -0.39 is 0 Å². The van der Waals surface area contributed by atoms with Gasteiger partial charge >= 0.3 is 0 Å². The predicted molar refractivity (Wildman–Crippen MR) is 67.1 cm³/mol. The summed E-state index contributed by atoms with van der Waals surface area (Å²) in [6.07, 6.45) is 1.83. The maximum atomic E-state index is 12.7. The first-order chi connectivity index (χ1) is 7.16. The van der Waals surface area contributed by atoms with Crippen LogP contribution < -0.4 is 0 Å². The second-order valence-corrected chi connectivity index (χ2v) is 4.49. The molecular formula is C12H9FIN. The Bertz CT molecular complexity index is 479. The first-order valence-corrected chi connectivity index (χ1v) is 5.63. The molecule has 0 bridgehead atoms. The van der Waals surface area contributed by atoms with Crippen molar-refractivity contribution in [2.24, 2.45) is 0 Å². The number of rotatable bonds is 1. The van der Waals surface area contributed by atoms with Crippen molar-refractivity contribution < 1.29 is 4.39 Å². The van der Waals surface area contributed by atoms with Crippen molar-refractivity contribution in [2.75, 3.05) is 0 Å². The van der Waals surface area contributed by atoms with Crippen LogP contribution in [-0.2, 0) is 0 Å². The summed E-state index contributed by atoms with van der Waals surface area (Å²) < 4.78 is 13.9. The van der Waals surface area contributed by atoms with Crippen LogP contribution in [0.15, 0.2) is 36.5 Å². The zero-order valence-electron chi connectivity index (χ0n) is 8.17. The average Bonchev–Trinajstić information content (AvgIpc) is 2.23.